The summed E-state index contributed by atoms with van der Waals surface area (Å²) in [5.74, 6) is 1.02. The number of nitrogens with zero attached hydrogens (tertiary/aromatic N) is 5. The second-order valence-corrected chi connectivity index (χ2v) is 9.58. The molecule has 6 nitrogen and oxygen atoms in total. The highest BCUT2D eigenvalue weighted by atomic mass is 35.5. The number of thiophene rings is 1. The van der Waals surface area contributed by atoms with Crippen molar-refractivity contribution >= 4 is 56.5 Å². The molecule has 1 fully saturated rings. The van der Waals surface area contributed by atoms with Gasteiger partial charge in [-0.2, -0.15) is 5.10 Å². The topological polar surface area (TPSA) is 54.3 Å². The highest BCUT2D eigenvalue weighted by Crippen LogP contribution is 2.32. The number of carbonyl (C=O) groups excluding carboxylic acids is 1. The van der Waals surface area contributed by atoms with Crippen molar-refractivity contribution in [2.24, 2.45) is 0 Å². The average Bonchev–Trinajstić information content (AvgIpc) is 3.37. The van der Waals surface area contributed by atoms with Crippen molar-refractivity contribution in [1.29, 1.82) is 0 Å². The Morgan fingerprint density at radius 3 is 2.50 bits per heavy atom. The fourth-order valence-corrected chi connectivity index (χ4v) is 5.64. The van der Waals surface area contributed by atoms with Crippen molar-refractivity contribution in [3.05, 3.63) is 74.8 Å². The molecular weight excluding hydrogens is 465 g/mol. The van der Waals surface area contributed by atoms with Crippen LogP contribution in [0.25, 0.3) is 10.2 Å². The number of aryl methyl sites for hydroxylation is 1. The second-order valence-electron chi connectivity index (χ2n) is 7.74. The third-order valence-electron chi connectivity index (χ3n) is 5.73. The molecule has 0 atom stereocenters. The molecule has 0 unspecified atom stereocenters. The van der Waals surface area contributed by atoms with E-state index in [4.69, 9.17) is 23.2 Å². The summed E-state index contributed by atoms with van der Waals surface area (Å²) < 4.78 is 1.89. The van der Waals surface area contributed by atoms with E-state index >= 15 is 0 Å². The third kappa shape index (κ3) is 3.96. The zero-order valence-electron chi connectivity index (χ0n) is 17.5. The van der Waals surface area contributed by atoms with Gasteiger partial charge in [-0.3, -0.25) is 4.79 Å². The minimum Gasteiger partial charge on any atom is -0.353 e. The van der Waals surface area contributed by atoms with Gasteiger partial charge >= 0.3 is 0 Å². The van der Waals surface area contributed by atoms with E-state index in [1.807, 2.05) is 59.0 Å². The molecule has 0 saturated carbocycles. The van der Waals surface area contributed by atoms with Gasteiger partial charge in [0.2, 0.25) is 0 Å². The number of aromatic nitrogens is 3. The number of benzene rings is 1. The van der Waals surface area contributed by atoms with E-state index < -0.39 is 0 Å². The number of hydrogen-bond acceptors (Lipinski definition) is 5. The summed E-state index contributed by atoms with van der Waals surface area (Å²) in [6.45, 7) is 5.30. The summed E-state index contributed by atoms with van der Waals surface area (Å²) >= 11 is 14.2. The van der Waals surface area contributed by atoms with E-state index in [0.717, 1.165) is 45.3 Å². The molecule has 0 spiro atoms. The summed E-state index contributed by atoms with van der Waals surface area (Å²) in [5, 5.41) is 6.87. The Balaban J connectivity index is 1.35. The number of carbonyl (C=O) groups is 1. The van der Waals surface area contributed by atoms with E-state index in [1.54, 1.807) is 6.20 Å². The number of hydrogen-bond donors (Lipinski definition) is 0. The van der Waals surface area contributed by atoms with Crippen molar-refractivity contribution in [2.45, 2.75) is 13.5 Å². The fraction of sp³-hybridized carbons (Fsp3) is 0.261. The first-order chi connectivity index (χ1) is 15.5. The molecule has 1 saturated heterocycles. The molecule has 4 heterocycles. The number of fused-ring (bicyclic) bond motifs is 1. The van der Waals surface area contributed by atoms with Gasteiger partial charge in [-0.1, -0.05) is 35.3 Å². The van der Waals surface area contributed by atoms with Gasteiger partial charge in [0.1, 0.15) is 10.6 Å². The van der Waals surface area contributed by atoms with Gasteiger partial charge in [0.05, 0.1) is 17.1 Å². The quantitative estimate of drug-likeness (QED) is 0.402. The molecule has 3 aromatic heterocycles. The van der Waals surface area contributed by atoms with E-state index in [2.05, 4.69) is 15.0 Å². The van der Waals surface area contributed by atoms with Gasteiger partial charge in [0, 0.05) is 53.4 Å². The van der Waals surface area contributed by atoms with Crippen LogP contribution in [0.1, 0.15) is 20.9 Å². The van der Waals surface area contributed by atoms with Crippen LogP contribution in [0.5, 0.6) is 0 Å². The number of halogens is 2. The number of pyridine rings is 1. The molecule has 0 N–H and O–H groups in total. The molecule has 0 radical (unpaired) electrons. The summed E-state index contributed by atoms with van der Waals surface area (Å²) in [4.78, 5) is 23.5. The van der Waals surface area contributed by atoms with Crippen molar-refractivity contribution in [1.82, 2.24) is 19.7 Å². The molecule has 0 aliphatic carbocycles. The van der Waals surface area contributed by atoms with Gasteiger partial charge in [-0.15, -0.1) is 11.3 Å². The Morgan fingerprint density at radius 2 is 1.81 bits per heavy atom. The van der Waals surface area contributed by atoms with Crippen molar-refractivity contribution in [3.8, 4) is 0 Å². The molecular formula is C23H21Cl2N5OS. The minimum absolute atomic E-state index is 0.0635. The van der Waals surface area contributed by atoms with Crippen LogP contribution in [0.4, 0.5) is 5.82 Å². The van der Waals surface area contributed by atoms with Crippen LogP contribution in [-0.4, -0.2) is 51.8 Å². The Bertz CT molecular complexity index is 1260. The number of anilines is 1. The molecule has 164 valence electrons. The van der Waals surface area contributed by atoms with Crippen LogP contribution in [-0.2, 0) is 6.54 Å². The summed E-state index contributed by atoms with van der Waals surface area (Å²) in [6.07, 6.45) is 1.80. The predicted molar refractivity (Wildman–Crippen MR) is 130 cm³/mol. The van der Waals surface area contributed by atoms with E-state index in [9.17, 15) is 4.79 Å². The van der Waals surface area contributed by atoms with Crippen LogP contribution in [0.3, 0.4) is 0 Å². The first-order valence-electron chi connectivity index (χ1n) is 10.4. The highest BCUT2D eigenvalue weighted by molar-refractivity contribution is 7.20. The summed E-state index contributed by atoms with van der Waals surface area (Å²) in [5.41, 5.74) is 1.71. The molecule has 1 amide bonds. The maximum Gasteiger partial charge on any atom is 0.264 e. The lowest BCUT2D eigenvalue weighted by Gasteiger charge is -2.35. The molecule has 5 rings (SSSR count). The highest BCUT2D eigenvalue weighted by Gasteiger charge is 2.25. The Morgan fingerprint density at radius 1 is 1.06 bits per heavy atom. The Hall–Kier alpha value is -2.61. The second kappa shape index (κ2) is 8.73. The zero-order valence-corrected chi connectivity index (χ0v) is 19.8. The maximum absolute atomic E-state index is 13.2. The third-order valence-corrected chi connectivity index (χ3v) is 7.57. The van der Waals surface area contributed by atoms with Gasteiger partial charge in [0.25, 0.3) is 5.91 Å². The molecule has 4 aromatic rings. The van der Waals surface area contributed by atoms with E-state index in [0.29, 0.717) is 29.7 Å². The van der Waals surface area contributed by atoms with Crippen LogP contribution in [0.15, 0.2) is 48.7 Å². The van der Waals surface area contributed by atoms with Gasteiger partial charge < -0.3 is 9.80 Å². The zero-order chi connectivity index (χ0) is 22.2. The monoisotopic (exact) mass is 485 g/mol. The van der Waals surface area contributed by atoms with Crippen LogP contribution in [0, 0.1) is 6.92 Å². The van der Waals surface area contributed by atoms with E-state index in [1.165, 1.54) is 11.3 Å². The van der Waals surface area contributed by atoms with E-state index in [-0.39, 0.29) is 5.91 Å². The normalized spacial score (nSPS) is 14.3. The van der Waals surface area contributed by atoms with Crippen LogP contribution in [0.2, 0.25) is 10.0 Å². The van der Waals surface area contributed by atoms with Gasteiger partial charge in [-0.25, -0.2) is 9.67 Å². The Kier molecular flexibility index (Phi) is 5.80. The maximum atomic E-state index is 13.2. The van der Waals surface area contributed by atoms with Crippen molar-refractivity contribution < 1.29 is 4.79 Å². The Labute approximate surface area is 200 Å². The SMILES string of the molecule is Cc1nn(Cc2c(Cl)cccc2Cl)c2sc(C(=O)N3CCN(c4ccccn4)CC3)cc12. The number of piperazine rings is 1. The van der Waals surface area contributed by atoms with Gasteiger partial charge in [0.15, 0.2) is 0 Å². The smallest absolute Gasteiger partial charge is 0.264 e. The standard InChI is InChI=1S/C23H21Cl2N5OS/c1-15-16-13-20(22(31)29-11-9-28(10-12-29)21-7-2-3-8-26-21)32-23(16)30(27-15)14-17-18(24)5-4-6-19(17)25/h2-8,13H,9-12,14H2,1H3. The van der Waals surface area contributed by atoms with Gasteiger partial charge in [-0.05, 0) is 37.3 Å². The summed E-state index contributed by atoms with van der Waals surface area (Å²) in [7, 11) is 0. The van der Waals surface area contributed by atoms with Crippen molar-refractivity contribution in [3.63, 3.8) is 0 Å². The first-order valence-corrected chi connectivity index (χ1v) is 11.9. The predicted octanol–water partition coefficient (Wildman–Crippen LogP) is 5.12. The molecule has 9 heteroatoms. The average molecular weight is 486 g/mol. The largest absolute Gasteiger partial charge is 0.353 e. The minimum atomic E-state index is 0.0635. The van der Waals surface area contributed by atoms with Crippen LogP contribution < -0.4 is 4.90 Å². The molecule has 1 aliphatic rings. The fourth-order valence-electron chi connectivity index (χ4n) is 3.99. The first kappa shape index (κ1) is 21.2. The molecule has 32 heavy (non-hydrogen) atoms. The molecule has 0 bridgehead atoms. The van der Waals surface area contributed by atoms with Crippen LogP contribution >= 0.6 is 34.5 Å². The number of amides is 1. The molecule has 1 aromatic carbocycles. The summed E-state index contributed by atoms with van der Waals surface area (Å²) in [6, 6.07) is 13.3. The van der Waals surface area contributed by atoms with Crippen molar-refractivity contribution in [2.75, 3.05) is 31.1 Å². The lowest BCUT2D eigenvalue weighted by Crippen LogP contribution is -2.48. The molecule has 1 aliphatic heterocycles. The number of rotatable bonds is 4. The lowest BCUT2D eigenvalue weighted by molar-refractivity contribution is 0.0751. The lowest BCUT2D eigenvalue weighted by atomic mass is 10.2.